The van der Waals surface area contributed by atoms with Crippen molar-refractivity contribution >= 4 is 17.6 Å². The Morgan fingerprint density at radius 2 is 1.94 bits per heavy atom. The molecule has 0 saturated carbocycles. The second kappa shape index (κ2) is 5.68. The largest absolute Gasteiger partial charge is 0.384 e. The summed E-state index contributed by atoms with van der Waals surface area (Å²) in [7, 11) is 0. The number of nitrogens with two attached hydrogens (primary N) is 1. The third kappa shape index (κ3) is 3.20. The SMILES string of the molecule is CCCSc1cc(N)nc(-c2ccccc2)n1. The summed E-state index contributed by atoms with van der Waals surface area (Å²) in [6.07, 6.45) is 1.12. The van der Waals surface area contributed by atoms with E-state index in [2.05, 4.69) is 16.9 Å². The molecule has 0 radical (unpaired) electrons. The molecule has 0 fully saturated rings. The van der Waals surface area contributed by atoms with Crippen LogP contribution in [0.1, 0.15) is 13.3 Å². The molecule has 1 aromatic carbocycles. The average Bonchev–Trinajstić information content (AvgIpc) is 2.37. The highest BCUT2D eigenvalue weighted by atomic mass is 32.2. The van der Waals surface area contributed by atoms with E-state index in [1.807, 2.05) is 36.4 Å². The highest BCUT2D eigenvalue weighted by Gasteiger charge is 2.05. The molecule has 0 aliphatic rings. The summed E-state index contributed by atoms with van der Waals surface area (Å²) in [4.78, 5) is 8.78. The minimum Gasteiger partial charge on any atom is -0.384 e. The number of thioether (sulfide) groups is 1. The fourth-order valence-electron chi connectivity index (χ4n) is 1.44. The van der Waals surface area contributed by atoms with Crippen molar-refractivity contribution in [2.75, 3.05) is 11.5 Å². The number of hydrogen-bond acceptors (Lipinski definition) is 4. The van der Waals surface area contributed by atoms with E-state index in [0.717, 1.165) is 22.8 Å². The molecule has 2 rings (SSSR count). The van der Waals surface area contributed by atoms with Crippen molar-refractivity contribution < 1.29 is 0 Å². The minimum atomic E-state index is 0.525. The van der Waals surface area contributed by atoms with Crippen LogP contribution in [0.3, 0.4) is 0 Å². The molecular formula is C13H15N3S. The summed E-state index contributed by atoms with van der Waals surface area (Å²) in [5.41, 5.74) is 6.80. The monoisotopic (exact) mass is 245 g/mol. The first-order valence-electron chi connectivity index (χ1n) is 5.62. The number of aromatic nitrogens is 2. The van der Waals surface area contributed by atoms with E-state index in [0.29, 0.717) is 11.6 Å². The van der Waals surface area contributed by atoms with Gasteiger partial charge in [-0.05, 0) is 12.2 Å². The lowest BCUT2D eigenvalue weighted by molar-refractivity contribution is 1.05. The third-order valence-corrected chi connectivity index (χ3v) is 3.33. The number of anilines is 1. The molecule has 0 bridgehead atoms. The Bertz CT molecular complexity index is 485. The molecule has 88 valence electrons. The normalized spacial score (nSPS) is 10.4. The molecule has 0 atom stereocenters. The third-order valence-electron chi connectivity index (χ3n) is 2.21. The second-order valence-electron chi connectivity index (χ2n) is 3.67. The number of nitrogens with zero attached hydrogens (tertiary/aromatic N) is 2. The first-order valence-corrected chi connectivity index (χ1v) is 6.61. The van der Waals surface area contributed by atoms with Crippen LogP contribution in [0.4, 0.5) is 5.82 Å². The van der Waals surface area contributed by atoms with Crippen LogP contribution in [0.2, 0.25) is 0 Å². The summed E-state index contributed by atoms with van der Waals surface area (Å²) >= 11 is 1.71. The number of rotatable bonds is 4. The van der Waals surface area contributed by atoms with Gasteiger partial charge in [0.25, 0.3) is 0 Å². The summed E-state index contributed by atoms with van der Waals surface area (Å²) in [6.45, 7) is 2.15. The summed E-state index contributed by atoms with van der Waals surface area (Å²) in [5, 5.41) is 0.943. The Balaban J connectivity index is 2.32. The average molecular weight is 245 g/mol. The van der Waals surface area contributed by atoms with E-state index in [9.17, 15) is 0 Å². The molecule has 2 aromatic rings. The Labute approximate surface area is 105 Å². The predicted octanol–water partition coefficient (Wildman–Crippen LogP) is 3.23. The van der Waals surface area contributed by atoms with Crippen molar-refractivity contribution in [3.63, 3.8) is 0 Å². The summed E-state index contributed by atoms with van der Waals surface area (Å²) in [5.74, 6) is 2.27. The van der Waals surface area contributed by atoms with Crippen molar-refractivity contribution in [3.8, 4) is 11.4 Å². The summed E-state index contributed by atoms with van der Waals surface area (Å²) in [6, 6.07) is 11.7. The Morgan fingerprint density at radius 3 is 2.65 bits per heavy atom. The van der Waals surface area contributed by atoms with Crippen LogP contribution in [0.15, 0.2) is 41.4 Å². The molecular weight excluding hydrogens is 230 g/mol. The van der Waals surface area contributed by atoms with Crippen LogP contribution in [0, 0.1) is 0 Å². The Hall–Kier alpha value is -1.55. The maximum absolute atomic E-state index is 5.80. The van der Waals surface area contributed by atoms with Gasteiger partial charge in [0.2, 0.25) is 0 Å². The lowest BCUT2D eigenvalue weighted by Gasteiger charge is -2.05. The maximum atomic E-state index is 5.80. The first kappa shape index (κ1) is 11.9. The molecule has 0 aliphatic heterocycles. The van der Waals surface area contributed by atoms with Gasteiger partial charge in [0.1, 0.15) is 10.8 Å². The molecule has 3 nitrogen and oxygen atoms in total. The lowest BCUT2D eigenvalue weighted by Crippen LogP contribution is -1.97. The molecule has 2 N–H and O–H groups in total. The zero-order valence-corrected chi connectivity index (χ0v) is 10.6. The molecule has 0 saturated heterocycles. The molecule has 0 aliphatic carbocycles. The van der Waals surface area contributed by atoms with Crippen molar-refractivity contribution in [2.45, 2.75) is 18.4 Å². The highest BCUT2D eigenvalue weighted by molar-refractivity contribution is 7.99. The highest BCUT2D eigenvalue weighted by Crippen LogP contribution is 2.22. The van der Waals surface area contributed by atoms with Crippen molar-refractivity contribution in [1.82, 2.24) is 9.97 Å². The van der Waals surface area contributed by atoms with Crippen molar-refractivity contribution in [1.29, 1.82) is 0 Å². The predicted molar refractivity (Wildman–Crippen MR) is 72.9 cm³/mol. The van der Waals surface area contributed by atoms with Gasteiger partial charge in [-0.2, -0.15) is 0 Å². The molecule has 4 heteroatoms. The van der Waals surface area contributed by atoms with E-state index in [-0.39, 0.29) is 0 Å². The standard InChI is InChI=1S/C13H15N3S/c1-2-8-17-12-9-11(14)15-13(16-12)10-6-4-3-5-7-10/h3-7,9H,2,8H2,1H3,(H2,14,15,16). The van der Waals surface area contributed by atoms with Gasteiger partial charge in [-0.1, -0.05) is 37.3 Å². The van der Waals surface area contributed by atoms with E-state index in [1.54, 1.807) is 11.8 Å². The molecule has 0 amide bonds. The topological polar surface area (TPSA) is 51.8 Å². The smallest absolute Gasteiger partial charge is 0.162 e. The van der Waals surface area contributed by atoms with Gasteiger partial charge in [0, 0.05) is 11.6 Å². The van der Waals surface area contributed by atoms with Gasteiger partial charge in [-0.25, -0.2) is 9.97 Å². The second-order valence-corrected chi connectivity index (χ2v) is 4.78. The van der Waals surface area contributed by atoms with Crippen molar-refractivity contribution in [3.05, 3.63) is 36.4 Å². The minimum absolute atomic E-state index is 0.525. The first-order chi connectivity index (χ1) is 8.29. The fourth-order valence-corrected chi connectivity index (χ4v) is 2.21. The zero-order valence-electron chi connectivity index (χ0n) is 9.76. The van der Waals surface area contributed by atoms with Crippen LogP contribution in [0.25, 0.3) is 11.4 Å². The molecule has 0 unspecified atom stereocenters. The lowest BCUT2D eigenvalue weighted by atomic mass is 10.2. The van der Waals surface area contributed by atoms with Gasteiger partial charge >= 0.3 is 0 Å². The van der Waals surface area contributed by atoms with E-state index < -0.39 is 0 Å². The van der Waals surface area contributed by atoms with Crippen LogP contribution < -0.4 is 5.73 Å². The van der Waals surface area contributed by atoms with Crippen LogP contribution in [-0.4, -0.2) is 15.7 Å². The van der Waals surface area contributed by atoms with Crippen LogP contribution in [0.5, 0.6) is 0 Å². The molecule has 17 heavy (non-hydrogen) atoms. The fraction of sp³-hybridized carbons (Fsp3) is 0.231. The van der Waals surface area contributed by atoms with Gasteiger partial charge in [-0.3, -0.25) is 0 Å². The maximum Gasteiger partial charge on any atom is 0.162 e. The quantitative estimate of drug-likeness (QED) is 0.663. The van der Waals surface area contributed by atoms with E-state index in [1.165, 1.54) is 0 Å². The van der Waals surface area contributed by atoms with Gasteiger partial charge in [-0.15, -0.1) is 11.8 Å². The Kier molecular flexibility index (Phi) is 3.98. The molecule has 1 heterocycles. The van der Waals surface area contributed by atoms with E-state index in [4.69, 9.17) is 5.73 Å². The van der Waals surface area contributed by atoms with Crippen LogP contribution >= 0.6 is 11.8 Å². The number of benzene rings is 1. The van der Waals surface area contributed by atoms with E-state index >= 15 is 0 Å². The van der Waals surface area contributed by atoms with Crippen LogP contribution in [-0.2, 0) is 0 Å². The zero-order chi connectivity index (χ0) is 12.1. The van der Waals surface area contributed by atoms with Gasteiger partial charge < -0.3 is 5.73 Å². The Morgan fingerprint density at radius 1 is 1.18 bits per heavy atom. The molecule has 1 aromatic heterocycles. The number of hydrogen-bond donors (Lipinski definition) is 1. The van der Waals surface area contributed by atoms with Gasteiger partial charge in [0.05, 0.1) is 0 Å². The molecule has 0 spiro atoms. The summed E-state index contributed by atoms with van der Waals surface area (Å²) < 4.78 is 0. The number of nitrogen functional groups attached to an aromatic ring is 1. The van der Waals surface area contributed by atoms with Gasteiger partial charge in [0.15, 0.2) is 5.82 Å². The van der Waals surface area contributed by atoms with Crippen molar-refractivity contribution in [2.24, 2.45) is 0 Å².